The molecule has 2 heteroatoms. The average Bonchev–Trinajstić information content (AvgIpc) is 2.60. The zero-order valence-corrected chi connectivity index (χ0v) is 9.19. The van der Waals surface area contributed by atoms with E-state index in [1.54, 1.807) is 0 Å². The fourth-order valence-electron chi connectivity index (χ4n) is 2.66. The maximum Gasteiger partial charge on any atom is 0.0321 e. The van der Waals surface area contributed by atoms with Crippen LogP contribution < -0.4 is 5.32 Å². The van der Waals surface area contributed by atoms with Gasteiger partial charge in [0.15, 0.2) is 0 Å². The number of nitrogens with one attached hydrogen (secondary N) is 1. The molecule has 0 radical (unpaired) electrons. The van der Waals surface area contributed by atoms with Crippen molar-refractivity contribution in [1.29, 1.82) is 0 Å². The zero-order chi connectivity index (χ0) is 9.53. The first-order chi connectivity index (χ1) is 6.02. The monoisotopic (exact) mass is 182 g/mol. The van der Waals surface area contributed by atoms with Crippen LogP contribution in [0.15, 0.2) is 0 Å². The lowest BCUT2D eigenvalue weighted by Crippen LogP contribution is -2.46. The van der Waals surface area contributed by atoms with Gasteiger partial charge in [0, 0.05) is 24.2 Å². The van der Waals surface area contributed by atoms with E-state index in [9.17, 15) is 0 Å². The van der Waals surface area contributed by atoms with E-state index in [0.29, 0.717) is 11.1 Å². The van der Waals surface area contributed by atoms with Gasteiger partial charge in [-0.15, -0.1) is 0 Å². The summed E-state index contributed by atoms with van der Waals surface area (Å²) in [6.45, 7) is 10.7. The quantitative estimate of drug-likeness (QED) is 0.612. The summed E-state index contributed by atoms with van der Waals surface area (Å²) in [6.07, 6.45) is 4.11. The Morgan fingerprint density at radius 1 is 1.23 bits per heavy atom. The summed E-state index contributed by atoms with van der Waals surface area (Å²) < 4.78 is 0. The molecule has 0 aromatic heterocycles. The van der Waals surface area contributed by atoms with Crippen LogP contribution in [0.1, 0.15) is 40.0 Å². The van der Waals surface area contributed by atoms with Gasteiger partial charge in [-0.1, -0.05) is 0 Å². The van der Waals surface area contributed by atoms with Gasteiger partial charge in [0.1, 0.15) is 0 Å². The molecule has 1 spiro atoms. The molecular formula is C11H22N2. The Morgan fingerprint density at radius 2 is 2.00 bits per heavy atom. The zero-order valence-electron chi connectivity index (χ0n) is 9.19. The van der Waals surface area contributed by atoms with Crippen molar-refractivity contribution in [1.82, 2.24) is 10.2 Å². The van der Waals surface area contributed by atoms with Crippen molar-refractivity contribution < 1.29 is 0 Å². The van der Waals surface area contributed by atoms with Crippen LogP contribution in [0.5, 0.6) is 0 Å². The topological polar surface area (TPSA) is 15.3 Å². The molecule has 0 amide bonds. The maximum absolute atomic E-state index is 3.69. The highest BCUT2D eigenvalue weighted by molar-refractivity contribution is 5.02. The highest BCUT2D eigenvalue weighted by atomic mass is 15.3. The number of hydrogen-bond acceptors (Lipinski definition) is 2. The van der Waals surface area contributed by atoms with Gasteiger partial charge in [0.25, 0.3) is 0 Å². The molecule has 2 nitrogen and oxygen atoms in total. The van der Waals surface area contributed by atoms with E-state index >= 15 is 0 Å². The summed E-state index contributed by atoms with van der Waals surface area (Å²) in [4.78, 5) is 2.62. The van der Waals surface area contributed by atoms with E-state index in [1.165, 1.54) is 38.9 Å². The van der Waals surface area contributed by atoms with Crippen LogP contribution in [-0.4, -0.2) is 35.6 Å². The summed E-state index contributed by atoms with van der Waals surface area (Å²) in [5.41, 5.74) is 0.848. The van der Waals surface area contributed by atoms with Crippen LogP contribution in [-0.2, 0) is 0 Å². The standard InChI is InChI=1S/C11H22N2/c1-10(2,3)13-8-6-11(9-13)5-4-7-12-11/h12H,4-9H2,1-3H3. The van der Waals surface area contributed by atoms with Crippen molar-refractivity contribution in [3.63, 3.8) is 0 Å². The highest BCUT2D eigenvalue weighted by Gasteiger charge is 2.42. The molecule has 0 bridgehead atoms. The molecule has 0 aliphatic carbocycles. The molecule has 2 aliphatic heterocycles. The molecule has 0 aromatic carbocycles. The maximum atomic E-state index is 3.69. The SMILES string of the molecule is CC(C)(C)N1CCC2(CCCN2)C1. The van der Waals surface area contributed by atoms with Gasteiger partial charge in [-0.3, -0.25) is 4.90 Å². The van der Waals surface area contributed by atoms with E-state index in [4.69, 9.17) is 0 Å². The fourth-order valence-corrected chi connectivity index (χ4v) is 2.66. The lowest BCUT2D eigenvalue weighted by molar-refractivity contribution is 0.161. The molecule has 2 rings (SSSR count). The van der Waals surface area contributed by atoms with E-state index in [0.717, 1.165) is 0 Å². The summed E-state index contributed by atoms with van der Waals surface area (Å²) >= 11 is 0. The van der Waals surface area contributed by atoms with Crippen molar-refractivity contribution in [2.45, 2.75) is 51.1 Å². The summed E-state index contributed by atoms with van der Waals surface area (Å²) in [5, 5.41) is 3.69. The van der Waals surface area contributed by atoms with Gasteiger partial charge >= 0.3 is 0 Å². The molecule has 2 fully saturated rings. The smallest absolute Gasteiger partial charge is 0.0321 e. The fraction of sp³-hybridized carbons (Fsp3) is 1.00. The second kappa shape index (κ2) is 2.96. The third-order valence-electron chi connectivity index (χ3n) is 3.63. The third-order valence-corrected chi connectivity index (χ3v) is 3.63. The molecule has 76 valence electrons. The predicted octanol–water partition coefficient (Wildman–Crippen LogP) is 1.61. The first-order valence-corrected chi connectivity index (χ1v) is 5.52. The minimum atomic E-state index is 0.355. The van der Waals surface area contributed by atoms with E-state index in [-0.39, 0.29) is 0 Å². The van der Waals surface area contributed by atoms with Crippen molar-refractivity contribution in [2.75, 3.05) is 19.6 Å². The molecule has 2 aliphatic rings. The lowest BCUT2D eigenvalue weighted by Gasteiger charge is -2.33. The van der Waals surface area contributed by atoms with E-state index in [1.807, 2.05) is 0 Å². The molecule has 13 heavy (non-hydrogen) atoms. The average molecular weight is 182 g/mol. The van der Waals surface area contributed by atoms with Crippen LogP contribution >= 0.6 is 0 Å². The molecule has 1 atom stereocenters. The number of likely N-dealkylation sites (tertiary alicyclic amines) is 1. The first-order valence-electron chi connectivity index (χ1n) is 5.52. The Hall–Kier alpha value is -0.0800. The Balaban J connectivity index is 2.01. The van der Waals surface area contributed by atoms with Crippen LogP contribution in [0, 0.1) is 0 Å². The number of hydrogen-bond donors (Lipinski definition) is 1. The van der Waals surface area contributed by atoms with Gasteiger partial charge in [-0.25, -0.2) is 0 Å². The lowest BCUT2D eigenvalue weighted by atomic mass is 9.96. The predicted molar refractivity (Wildman–Crippen MR) is 55.9 cm³/mol. The third kappa shape index (κ3) is 1.75. The van der Waals surface area contributed by atoms with Gasteiger partial charge < -0.3 is 5.32 Å². The summed E-state index contributed by atoms with van der Waals surface area (Å²) in [7, 11) is 0. The molecule has 1 unspecified atom stereocenters. The van der Waals surface area contributed by atoms with Crippen molar-refractivity contribution in [3.8, 4) is 0 Å². The Labute approximate surface area is 81.7 Å². The first kappa shape index (κ1) is 9.47. The Bertz CT molecular complexity index is 187. The molecule has 2 heterocycles. The second-order valence-electron chi connectivity index (χ2n) is 5.65. The Morgan fingerprint density at radius 3 is 2.46 bits per heavy atom. The van der Waals surface area contributed by atoms with Crippen LogP contribution in [0.2, 0.25) is 0 Å². The Kier molecular flexibility index (Phi) is 2.16. The van der Waals surface area contributed by atoms with Crippen LogP contribution in [0.3, 0.4) is 0 Å². The van der Waals surface area contributed by atoms with Crippen LogP contribution in [0.4, 0.5) is 0 Å². The van der Waals surface area contributed by atoms with Gasteiger partial charge in [-0.05, 0) is 46.6 Å². The molecule has 1 N–H and O–H groups in total. The molecule has 0 aromatic rings. The summed E-state index contributed by atoms with van der Waals surface area (Å²) in [6, 6.07) is 0. The molecule has 0 saturated carbocycles. The normalized spacial score (nSPS) is 36.2. The van der Waals surface area contributed by atoms with E-state index < -0.39 is 0 Å². The minimum Gasteiger partial charge on any atom is -0.310 e. The van der Waals surface area contributed by atoms with Crippen molar-refractivity contribution >= 4 is 0 Å². The van der Waals surface area contributed by atoms with Crippen molar-refractivity contribution in [3.05, 3.63) is 0 Å². The summed E-state index contributed by atoms with van der Waals surface area (Å²) in [5.74, 6) is 0. The van der Waals surface area contributed by atoms with Gasteiger partial charge in [0.2, 0.25) is 0 Å². The van der Waals surface area contributed by atoms with E-state index in [2.05, 4.69) is 31.0 Å². The van der Waals surface area contributed by atoms with Gasteiger partial charge in [0.05, 0.1) is 0 Å². The molecular weight excluding hydrogens is 160 g/mol. The largest absolute Gasteiger partial charge is 0.310 e. The number of nitrogens with zero attached hydrogens (tertiary/aromatic N) is 1. The molecule has 2 saturated heterocycles. The van der Waals surface area contributed by atoms with Crippen molar-refractivity contribution in [2.24, 2.45) is 0 Å². The van der Waals surface area contributed by atoms with Crippen LogP contribution in [0.25, 0.3) is 0 Å². The highest BCUT2D eigenvalue weighted by Crippen LogP contribution is 2.33. The minimum absolute atomic E-state index is 0.355. The number of rotatable bonds is 0. The van der Waals surface area contributed by atoms with Gasteiger partial charge in [-0.2, -0.15) is 0 Å². The second-order valence-corrected chi connectivity index (χ2v) is 5.65.